The molecule has 13 heavy (non-hydrogen) atoms. The second kappa shape index (κ2) is 4.24. The maximum Gasteiger partial charge on any atom is 0.240 e. The first kappa shape index (κ1) is 11.9. The minimum absolute atomic E-state index is 0.0859. The van der Waals surface area contributed by atoms with Crippen LogP contribution in [0.1, 0.15) is 20.8 Å². The molecule has 0 bridgehead atoms. The number of likely N-dealkylation sites (N-methyl/N-ethyl adjacent to an activating group) is 1. The van der Waals surface area contributed by atoms with E-state index in [9.17, 15) is 4.79 Å². The minimum atomic E-state index is -0.550. The van der Waals surface area contributed by atoms with Crippen molar-refractivity contribution in [1.82, 2.24) is 4.90 Å². The Labute approximate surface area is 79.3 Å². The van der Waals surface area contributed by atoms with Gasteiger partial charge in [-0.1, -0.05) is 20.8 Å². The topological polar surface area (TPSA) is 70.1 Å². The molecule has 0 unspecified atom stereocenters. The van der Waals surface area contributed by atoms with E-state index >= 15 is 0 Å². The lowest BCUT2D eigenvalue weighted by molar-refractivity contribution is -0.133. The summed E-state index contributed by atoms with van der Waals surface area (Å²) in [5.74, 6) is -0.186. The Balaban J connectivity index is 4.36. The molecule has 0 saturated heterocycles. The van der Waals surface area contributed by atoms with Gasteiger partial charge in [0.05, 0.1) is 12.1 Å². The Bertz CT molecular complexity index is 224. The fraction of sp³-hybridized carbons (Fsp3) is 0.778. The monoisotopic (exact) mass is 183 g/mol. The van der Waals surface area contributed by atoms with Crippen LogP contribution in [0.2, 0.25) is 0 Å². The van der Waals surface area contributed by atoms with Crippen LogP contribution in [0.3, 0.4) is 0 Å². The normalized spacial score (nSPS) is 13.2. The number of hydrogen-bond donors (Lipinski definition) is 1. The molecule has 4 heteroatoms. The van der Waals surface area contributed by atoms with Crippen molar-refractivity contribution < 1.29 is 4.79 Å². The van der Waals surface area contributed by atoms with Crippen molar-refractivity contribution in [2.24, 2.45) is 11.1 Å². The molecule has 0 heterocycles. The lowest BCUT2D eigenvalue weighted by Crippen LogP contribution is -2.49. The van der Waals surface area contributed by atoms with Gasteiger partial charge >= 0.3 is 0 Å². The van der Waals surface area contributed by atoms with E-state index in [1.54, 1.807) is 7.05 Å². The van der Waals surface area contributed by atoms with E-state index in [2.05, 4.69) is 0 Å². The predicted molar refractivity (Wildman–Crippen MR) is 50.7 cm³/mol. The molecule has 0 fully saturated rings. The van der Waals surface area contributed by atoms with Gasteiger partial charge in [-0.2, -0.15) is 5.26 Å². The van der Waals surface area contributed by atoms with Crippen LogP contribution in [0.25, 0.3) is 0 Å². The van der Waals surface area contributed by atoms with Crippen molar-refractivity contribution in [3.63, 3.8) is 0 Å². The third kappa shape index (κ3) is 3.43. The molecular weight excluding hydrogens is 166 g/mol. The Morgan fingerprint density at radius 3 is 2.38 bits per heavy atom. The van der Waals surface area contributed by atoms with E-state index in [0.717, 1.165) is 0 Å². The van der Waals surface area contributed by atoms with Crippen LogP contribution in [-0.4, -0.2) is 30.4 Å². The van der Waals surface area contributed by atoms with Gasteiger partial charge in [0, 0.05) is 7.05 Å². The van der Waals surface area contributed by atoms with E-state index in [-0.39, 0.29) is 17.9 Å². The maximum atomic E-state index is 11.5. The zero-order valence-electron chi connectivity index (χ0n) is 8.66. The zero-order chi connectivity index (χ0) is 10.6. The lowest BCUT2D eigenvalue weighted by atomic mass is 9.86. The average molecular weight is 183 g/mol. The minimum Gasteiger partial charge on any atom is -0.331 e. The maximum absolute atomic E-state index is 11.5. The van der Waals surface area contributed by atoms with Crippen LogP contribution in [0.4, 0.5) is 0 Å². The summed E-state index contributed by atoms with van der Waals surface area (Å²) in [6.45, 7) is 5.78. The molecular formula is C9H17N3O. The highest BCUT2D eigenvalue weighted by Crippen LogP contribution is 2.18. The Morgan fingerprint density at radius 2 is 2.08 bits per heavy atom. The average Bonchev–Trinajstić information content (AvgIpc) is 2.00. The molecule has 0 aromatic carbocycles. The van der Waals surface area contributed by atoms with Crippen molar-refractivity contribution in [1.29, 1.82) is 5.26 Å². The highest BCUT2D eigenvalue weighted by Gasteiger charge is 2.29. The summed E-state index contributed by atoms with van der Waals surface area (Å²) >= 11 is 0. The van der Waals surface area contributed by atoms with Gasteiger partial charge in [-0.3, -0.25) is 4.79 Å². The lowest BCUT2D eigenvalue weighted by Gasteiger charge is -2.28. The molecule has 1 amide bonds. The Morgan fingerprint density at radius 1 is 1.62 bits per heavy atom. The molecule has 0 aromatic heterocycles. The molecule has 0 radical (unpaired) electrons. The smallest absolute Gasteiger partial charge is 0.240 e. The highest BCUT2D eigenvalue weighted by atomic mass is 16.2. The molecule has 2 N–H and O–H groups in total. The molecule has 0 aromatic rings. The van der Waals surface area contributed by atoms with E-state index < -0.39 is 6.04 Å². The standard InChI is InChI=1S/C9H17N3O/c1-9(2,3)7(11)8(13)12(4)6-5-10/h7H,6,11H2,1-4H3/t7-/m1/s1. The predicted octanol–water partition coefficient (Wildman–Crippen LogP) is 0.342. The SMILES string of the molecule is CN(CC#N)C(=O)[C@@H](N)C(C)(C)C. The zero-order valence-corrected chi connectivity index (χ0v) is 8.66. The molecule has 1 atom stereocenters. The van der Waals surface area contributed by atoms with Crippen molar-refractivity contribution in [2.45, 2.75) is 26.8 Å². The van der Waals surface area contributed by atoms with Gasteiger partial charge in [0.1, 0.15) is 6.54 Å². The molecule has 0 aliphatic rings. The molecule has 0 aliphatic heterocycles. The molecule has 0 spiro atoms. The van der Waals surface area contributed by atoms with Crippen molar-refractivity contribution >= 4 is 5.91 Å². The Kier molecular flexibility index (Phi) is 3.89. The fourth-order valence-corrected chi connectivity index (χ4v) is 0.792. The summed E-state index contributed by atoms with van der Waals surface area (Å²) in [6, 6.07) is 1.35. The quantitative estimate of drug-likeness (QED) is 0.628. The first-order valence-corrected chi connectivity index (χ1v) is 4.18. The molecule has 4 nitrogen and oxygen atoms in total. The number of nitriles is 1. The number of nitrogens with zero attached hydrogens (tertiary/aromatic N) is 2. The van der Waals surface area contributed by atoms with Crippen LogP contribution >= 0.6 is 0 Å². The van der Waals surface area contributed by atoms with Crippen LogP contribution in [0.5, 0.6) is 0 Å². The van der Waals surface area contributed by atoms with Crippen molar-refractivity contribution in [3.8, 4) is 6.07 Å². The van der Waals surface area contributed by atoms with E-state index in [4.69, 9.17) is 11.0 Å². The third-order valence-corrected chi connectivity index (χ3v) is 1.88. The molecule has 0 saturated carbocycles. The second-order valence-electron chi connectivity index (χ2n) is 4.20. The first-order valence-electron chi connectivity index (χ1n) is 4.18. The molecule has 0 aliphatic carbocycles. The number of hydrogen-bond acceptors (Lipinski definition) is 3. The third-order valence-electron chi connectivity index (χ3n) is 1.88. The number of nitrogens with two attached hydrogens (primary N) is 1. The van der Waals surface area contributed by atoms with Gasteiger partial charge in [-0.05, 0) is 5.41 Å². The highest BCUT2D eigenvalue weighted by molar-refractivity contribution is 5.82. The van der Waals surface area contributed by atoms with Crippen molar-refractivity contribution in [3.05, 3.63) is 0 Å². The number of rotatable bonds is 2. The van der Waals surface area contributed by atoms with Gasteiger partial charge in [0.15, 0.2) is 0 Å². The van der Waals surface area contributed by atoms with Gasteiger partial charge in [0.25, 0.3) is 0 Å². The largest absolute Gasteiger partial charge is 0.331 e. The first-order chi connectivity index (χ1) is 5.80. The molecule has 0 rings (SSSR count). The summed E-state index contributed by atoms with van der Waals surface area (Å²) in [5.41, 5.74) is 5.46. The number of amides is 1. The fourth-order valence-electron chi connectivity index (χ4n) is 0.792. The van der Waals surface area contributed by atoms with Gasteiger partial charge in [0.2, 0.25) is 5.91 Å². The summed E-state index contributed by atoms with van der Waals surface area (Å²) in [6.07, 6.45) is 0. The van der Waals surface area contributed by atoms with Crippen LogP contribution < -0.4 is 5.73 Å². The van der Waals surface area contributed by atoms with Gasteiger partial charge < -0.3 is 10.6 Å². The van der Waals surface area contributed by atoms with Crippen molar-refractivity contribution in [2.75, 3.05) is 13.6 Å². The van der Waals surface area contributed by atoms with Gasteiger partial charge in [-0.25, -0.2) is 0 Å². The van der Waals surface area contributed by atoms with Crippen LogP contribution in [0, 0.1) is 16.7 Å². The summed E-state index contributed by atoms with van der Waals surface area (Å²) in [7, 11) is 1.58. The van der Waals surface area contributed by atoms with E-state index in [0.29, 0.717) is 0 Å². The summed E-state index contributed by atoms with van der Waals surface area (Å²) in [5, 5.41) is 8.39. The number of carbonyl (C=O) groups excluding carboxylic acids is 1. The van der Waals surface area contributed by atoms with Crippen LogP contribution in [0.15, 0.2) is 0 Å². The van der Waals surface area contributed by atoms with E-state index in [1.807, 2.05) is 26.8 Å². The summed E-state index contributed by atoms with van der Waals surface area (Å²) < 4.78 is 0. The van der Waals surface area contributed by atoms with E-state index in [1.165, 1.54) is 4.90 Å². The van der Waals surface area contributed by atoms with Crippen LogP contribution in [-0.2, 0) is 4.79 Å². The summed E-state index contributed by atoms with van der Waals surface area (Å²) in [4.78, 5) is 12.9. The number of carbonyl (C=O) groups is 1. The molecule has 74 valence electrons. The Hall–Kier alpha value is -1.08. The van der Waals surface area contributed by atoms with Gasteiger partial charge in [-0.15, -0.1) is 0 Å². The second-order valence-corrected chi connectivity index (χ2v) is 4.20.